The SMILES string of the molecule is NC(=O)c1ccccc1NC(=O)c1ccccn1. The molecule has 2 rings (SSSR count). The Morgan fingerprint density at radius 3 is 2.44 bits per heavy atom. The Morgan fingerprint density at radius 1 is 1.06 bits per heavy atom. The van der Waals surface area contributed by atoms with Gasteiger partial charge >= 0.3 is 0 Å². The number of nitrogens with zero attached hydrogens (tertiary/aromatic N) is 1. The molecule has 1 heterocycles. The second kappa shape index (κ2) is 5.09. The van der Waals surface area contributed by atoms with Crippen molar-refractivity contribution in [1.29, 1.82) is 0 Å². The van der Waals surface area contributed by atoms with Gasteiger partial charge in [0.25, 0.3) is 11.8 Å². The van der Waals surface area contributed by atoms with Crippen molar-refractivity contribution in [3.8, 4) is 0 Å². The fourth-order valence-corrected chi connectivity index (χ4v) is 1.49. The van der Waals surface area contributed by atoms with Gasteiger partial charge < -0.3 is 11.1 Å². The predicted molar refractivity (Wildman–Crippen MR) is 67.2 cm³/mol. The summed E-state index contributed by atoms with van der Waals surface area (Å²) in [6.45, 7) is 0. The van der Waals surface area contributed by atoms with E-state index in [1.165, 1.54) is 6.20 Å². The predicted octanol–water partition coefficient (Wildman–Crippen LogP) is 1.43. The highest BCUT2D eigenvalue weighted by molar-refractivity contribution is 6.07. The van der Waals surface area contributed by atoms with E-state index in [4.69, 9.17) is 5.73 Å². The van der Waals surface area contributed by atoms with Crippen molar-refractivity contribution in [3.05, 3.63) is 59.9 Å². The molecule has 3 N–H and O–H groups in total. The van der Waals surface area contributed by atoms with Crippen molar-refractivity contribution >= 4 is 17.5 Å². The van der Waals surface area contributed by atoms with E-state index < -0.39 is 5.91 Å². The number of primary amides is 1. The number of hydrogen-bond acceptors (Lipinski definition) is 3. The lowest BCUT2D eigenvalue weighted by molar-refractivity contribution is 0.100. The van der Waals surface area contributed by atoms with Crippen LogP contribution < -0.4 is 11.1 Å². The van der Waals surface area contributed by atoms with Crippen molar-refractivity contribution in [3.63, 3.8) is 0 Å². The van der Waals surface area contributed by atoms with Crippen molar-refractivity contribution < 1.29 is 9.59 Å². The maximum absolute atomic E-state index is 11.9. The van der Waals surface area contributed by atoms with Gasteiger partial charge in [-0.3, -0.25) is 14.6 Å². The van der Waals surface area contributed by atoms with E-state index >= 15 is 0 Å². The third kappa shape index (κ3) is 2.52. The number of amides is 2. The van der Waals surface area contributed by atoms with Crippen molar-refractivity contribution in [2.75, 3.05) is 5.32 Å². The summed E-state index contributed by atoms with van der Waals surface area (Å²) >= 11 is 0. The molecule has 1 aromatic carbocycles. The number of hydrogen-bond donors (Lipinski definition) is 2. The summed E-state index contributed by atoms with van der Waals surface area (Å²) in [4.78, 5) is 27.0. The largest absolute Gasteiger partial charge is 0.366 e. The average Bonchev–Trinajstić information content (AvgIpc) is 2.40. The van der Waals surface area contributed by atoms with Crippen LogP contribution >= 0.6 is 0 Å². The number of nitrogens with two attached hydrogens (primary N) is 1. The molecule has 0 radical (unpaired) electrons. The number of carbonyl (C=O) groups excluding carboxylic acids is 2. The van der Waals surface area contributed by atoms with E-state index in [0.717, 1.165) is 0 Å². The topological polar surface area (TPSA) is 85.1 Å². The summed E-state index contributed by atoms with van der Waals surface area (Å²) in [6, 6.07) is 11.6. The van der Waals surface area contributed by atoms with E-state index in [-0.39, 0.29) is 17.2 Å². The minimum Gasteiger partial charge on any atom is -0.366 e. The van der Waals surface area contributed by atoms with Crippen molar-refractivity contribution in [2.24, 2.45) is 5.73 Å². The van der Waals surface area contributed by atoms with Gasteiger partial charge in [0.15, 0.2) is 0 Å². The van der Waals surface area contributed by atoms with Crippen molar-refractivity contribution in [1.82, 2.24) is 4.98 Å². The lowest BCUT2D eigenvalue weighted by atomic mass is 10.1. The van der Waals surface area contributed by atoms with E-state index in [0.29, 0.717) is 5.69 Å². The van der Waals surface area contributed by atoms with Gasteiger partial charge in [-0.1, -0.05) is 18.2 Å². The standard InChI is InChI=1S/C13H11N3O2/c14-12(17)9-5-1-2-6-10(9)16-13(18)11-7-3-4-8-15-11/h1-8H,(H2,14,17)(H,16,18). The number of para-hydroxylation sites is 1. The number of nitrogens with one attached hydrogen (secondary N) is 1. The van der Waals surface area contributed by atoms with Crippen LogP contribution in [0.5, 0.6) is 0 Å². The van der Waals surface area contributed by atoms with Crippen LogP contribution in [0.15, 0.2) is 48.7 Å². The van der Waals surface area contributed by atoms with E-state index in [2.05, 4.69) is 10.3 Å². The zero-order valence-electron chi connectivity index (χ0n) is 9.46. The van der Waals surface area contributed by atoms with Crippen LogP contribution in [0.1, 0.15) is 20.8 Å². The first-order valence-electron chi connectivity index (χ1n) is 5.29. The van der Waals surface area contributed by atoms with Gasteiger partial charge in [-0.25, -0.2) is 0 Å². The quantitative estimate of drug-likeness (QED) is 0.852. The minimum atomic E-state index is -0.591. The van der Waals surface area contributed by atoms with Gasteiger partial charge in [-0.15, -0.1) is 0 Å². The maximum Gasteiger partial charge on any atom is 0.274 e. The highest BCUT2D eigenvalue weighted by atomic mass is 16.2. The Bertz CT molecular complexity index is 582. The monoisotopic (exact) mass is 241 g/mol. The Labute approximate surface area is 104 Å². The molecule has 0 aliphatic carbocycles. The van der Waals surface area contributed by atoms with Crippen LogP contribution in [-0.4, -0.2) is 16.8 Å². The number of carbonyl (C=O) groups is 2. The Balaban J connectivity index is 2.25. The van der Waals surface area contributed by atoms with Crippen LogP contribution in [0.2, 0.25) is 0 Å². The lowest BCUT2D eigenvalue weighted by Crippen LogP contribution is -2.18. The second-order valence-electron chi connectivity index (χ2n) is 3.58. The number of anilines is 1. The molecule has 5 nitrogen and oxygen atoms in total. The smallest absolute Gasteiger partial charge is 0.274 e. The number of pyridine rings is 1. The first-order valence-corrected chi connectivity index (χ1v) is 5.29. The molecule has 0 atom stereocenters. The third-order valence-corrected chi connectivity index (χ3v) is 2.34. The zero-order valence-corrected chi connectivity index (χ0v) is 9.46. The fourth-order valence-electron chi connectivity index (χ4n) is 1.49. The lowest BCUT2D eigenvalue weighted by Gasteiger charge is -2.07. The Hall–Kier alpha value is -2.69. The van der Waals surface area contributed by atoms with Gasteiger partial charge in [0.05, 0.1) is 11.3 Å². The van der Waals surface area contributed by atoms with E-state index in [9.17, 15) is 9.59 Å². The second-order valence-corrected chi connectivity index (χ2v) is 3.58. The van der Waals surface area contributed by atoms with E-state index in [1.54, 1.807) is 42.5 Å². The number of rotatable bonds is 3. The molecule has 2 aromatic rings. The highest BCUT2D eigenvalue weighted by Crippen LogP contribution is 2.14. The molecule has 0 saturated carbocycles. The molecule has 0 aliphatic rings. The number of benzene rings is 1. The van der Waals surface area contributed by atoms with Gasteiger partial charge in [0, 0.05) is 6.20 Å². The maximum atomic E-state index is 11.9. The molecule has 1 aromatic heterocycles. The molecule has 90 valence electrons. The summed E-state index contributed by atoms with van der Waals surface area (Å²) in [5, 5.41) is 2.61. The third-order valence-electron chi connectivity index (χ3n) is 2.34. The summed E-state index contributed by atoms with van der Waals surface area (Å²) in [6.07, 6.45) is 1.52. The molecule has 0 unspecified atom stereocenters. The van der Waals surface area contributed by atoms with Gasteiger partial charge in [-0.05, 0) is 24.3 Å². The summed E-state index contributed by atoms with van der Waals surface area (Å²) in [5.41, 5.74) is 6.14. The van der Waals surface area contributed by atoms with Crippen LogP contribution in [0.4, 0.5) is 5.69 Å². The molecular weight excluding hydrogens is 230 g/mol. The highest BCUT2D eigenvalue weighted by Gasteiger charge is 2.11. The van der Waals surface area contributed by atoms with Crippen LogP contribution in [0.3, 0.4) is 0 Å². The van der Waals surface area contributed by atoms with Crippen LogP contribution in [0, 0.1) is 0 Å². The van der Waals surface area contributed by atoms with Gasteiger partial charge in [0.2, 0.25) is 0 Å². The summed E-state index contributed by atoms with van der Waals surface area (Å²) < 4.78 is 0. The van der Waals surface area contributed by atoms with E-state index in [1.807, 2.05) is 0 Å². The molecule has 0 saturated heterocycles. The van der Waals surface area contributed by atoms with Crippen LogP contribution in [-0.2, 0) is 0 Å². The first kappa shape index (κ1) is 11.8. The normalized spacial score (nSPS) is 9.78. The summed E-state index contributed by atoms with van der Waals surface area (Å²) in [5.74, 6) is -0.976. The van der Waals surface area contributed by atoms with Crippen molar-refractivity contribution in [2.45, 2.75) is 0 Å². The molecule has 0 aliphatic heterocycles. The van der Waals surface area contributed by atoms with Crippen LogP contribution in [0.25, 0.3) is 0 Å². The van der Waals surface area contributed by atoms with Gasteiger partial charge in [0.1, 0.15) is 5.69 Å². The molecule has 0 fully saturated rings. The minimum absolute atomic E-state index is 0.266. The Morgan fingerprint density at radius 2 is 1.78 bits per heavy atom. The fraction of sp³-hybridized carbons (Fsp3) is 0. The molecular formula is C13H11N3O2. The average molecular weight is 241 g/mol. The zero-order chi connectivity index (χ0) is 13.0. The van der Waals surface area contributed by atoms with Gasteiger partial charge in [-0.2, -0.15) is 0 Å². The molecule has 0 bridgehead atoms. The first-order chi connectivity index (χ1) is 8.68. The molecule has 0 spiro atoms. The number of aromatic nitrogens is 1. The molecule has 5 heteroatoms. The molecule has 2 amide bonds. The Kier molecular flexibility index (Phi) is 3.33. The molecule has 18 heavy (non-hydrogen) atoms. The summed E-state index contributed by atoms with van der Waals surface area (Å²) in [7, 11) is 0.